The Balaban J connectivity index is 1.67. The molecule has 0 spiro atoms. The average Bonchev–Trinajstić information content (AvgIpc) is 3.03. The fourth-order valence-electron chi connectivity index (χ4n) is 4.57. The highest BCUT2D eigenvalue weighted by Crippen LogP contribution is 2.18. The molecule has 0 aromatic heterocycles. The van der Waals surface area contributed by atoms with E-state index < -0.39 is 11.9 Å². The van der Waals surface area contributed by atoms with Crippen molar-refractivity contribution in [3.8, 4) is 12.1 Å². The zero-order valence-electron chi connectivity index (χ0n) is 26.0. The lowest BCUT2D eigenvalue weighted by atomic mass is 10.1. The van der Waals surface area contributed by atoms with Gasteiger partial charge in [-0.1, -0.05) is 43.5 Å². The van der Waals surface area contributed by atoms with Gasteiger partial charge in [-0.05, 0) is 88.1 Å². The molecule has 0 aliphatic rings. The van der Waals surface area contributed by atoms with Gasteiger partial charge in [0, 0.05) is 37.6 Å². The van der Waals surface area contributed by atoms with Crippen LogP contribution in [0.1, 0.15) is 70.9 Å². The van der Waals surface area contributed by atoms with E-state index in [0.717, 1.165) is 67.9 Å². The Morgan fingerprint density at radius 3 is 1.23 bits per heavy atom. The van der Waals surface area contributed by atoms with Crippen molar-refractivity contribution in [3.63, 3.8) is 0 Å². The smallest absolute Gasteiger partial charge is 0.348 e. The third kappa shape index (κ3) is 11.7. The van der Waals surface area contributed by atoms with Crippen LogP contribution in [0.2, 0.25) is 0 Å². The SMILES string of the molecule is CCN(CC)c1ccc(C=C(C#N)C(=O)OCCCCCCCOC(=O)C(C#N)=Cc2ccc(N(CC)CC)cc2)cc1. The lowest BCUT2D eigenvalue weighted by Crippen LogP contribution is -2.21. The topological polar surface area (TPSA) is 107 Å². The summed E-state index contributed by atoms with van der Waals surface area (Å²) in [7, 11) is 0. The van der Waals surface area contributed by atoms with Gasteiger partial charge in [0.15, 0.2) is 0 Å². The summed E-state index contributed by atoms with van der Waals surface area (Å²) in [5, 5.41) is 18.8. The summed E-state index contributed by atoms with van der Waals surface area (Å²) in [6.45, 7) is 12.5. The van der Waals surface area contributed by atoms with Crippen LogP contribution >= 0.6 is 0 Å². The number of nitriles is 2. The molecule has 8 nitrogen and oxygen atoms in total. The molecule has 2 aromatic carbocycles. The number of anilines is 2. The molecule has 0 unspecified atom stereocenters. The number of carbonyl (C=O) groups is 2. The molecule has 0 saturated heterocycles. The Morgan fingerprint density at radius 1 is 0.605 bits per heavy atom. The highest BCUT2D eigenvalue weighted by molar-refractivity contribution is 5.98. The average molecular weight is 585 g/mol. The van der Waals surface area contributed by atoms with Gasteiger partial charge in [-0.25, -0.2) is 9.59 Å². The van der Waals surface area contributed by atoms with Crippen LogP contribution in [0.15, 0.2) is 59.7 Å². The maximum absolute atomic E-state index is 12.3. The molecule has 228 valence electrons. The molecular formula is C35H44N4O4. The van der Waals surface area contributed by atoms with Gasteiger partial charge in [-0.2, -0.15) is 10.5 Å². The first-order valence-electron chi connectivity index (χ1n) is 15.2. The standard InChI is InChI=1S/C35H44N4O4/c1-5-38(6-2)32-18-14-28(15-19-32)24-30(26-36)34(40)42-22-12-10-9-11-13-23-43-35(41)31(27-37)25-29-16-20-33(21-17-29)39(7-3)8-4/h14-21,24-25H,5-13,22-23H2,1-4H3. The number of hydrogen-bond acceptors (Lipinski definition) is 8. The first kappa shape index (κ1) is 34.6. The van der Waals surface area contributed by atoms with Crippen molar-refractivity contribution in [2.24, 2.45) is 0 Å². The van der Waals surface area contributed by atoms with E-state index in [9.17, 15) is 20.1 Å². The number of rotatable bonds is 18. The second-order valence-corrected chi connectivity index (χ2v) is 9.91. The van der Waals surface area contributed by atoms with E-state index in [0.29, 0.717) is 12.8 Å². The predicted octanol–water partition coefficient (Wildman–Crippen LogP) is 6.93. The summed E-state index contributed by atoms with van der Waals surface area (Å²) in [6, 6.07) is 19.3. The Labute approximate surface area is 256 Å². The largest absolute Gasteiger partial charge is 0.462 e. The highest BCUT2D eigenvalue weighted by atomic mass is 16.5. The van der Waals surface area contributed by atoms with E-state index in [4.69, 9.17) is 9.47 Å². The number of unbranched alkanes of at least 4 members (excludes halogenated alkanes) is 4. The molecule has 0 heterocycles. The number of hydrogen-bond donors (Lipinski definition) is 0. The molecule has 0 amide bonds. The monoisotopic (exact) mass is 584 g/mol. The fraction of sp³-hybridized carbons (Fsp3) is 0.429. The van der Waals surface area contributed by atoms with Crippen LogP contribution in [0, 0.1) is 22.7 Å². The van der Waals surface area contributed by atoms with Crippen LogP contribution in [0.4, 0.5) is 11.4 Å². The zero-order chi connectivity index (χ0) is 31.5. The van der Waals surface area contributed by atoms with Crippen molar-refractivity contribution in [1.82, 2.24) is 0 Å². The minimum atomic E-state index is -0.622. The zero-order valence-corrected chi connectivity index (χ0v) is 26.0. The molecule has 0 aliphatic carbocycles. The molecule has 0 fully saturated rings. The lowest BCUT2D eigenvalue weighted by Gasteiger charge is -2.20. The third-order valence-corrected chi connectivity index (χ3v) is 7.10. The van der Waals surface area contributed by atoms with E-state index in [1.165, 1.54) is 0 Å². The molecule has 8 heteroatoms. The molecule has 0 bridgehead atoms. The maximum atomic E-state index is 12.3. The fourth-order valence-corrected chi connectivity index (χ4v) is 4.57. The summed E-state index contributed by atoms with van der Waals surface area (Å²) in [5.41, 5.74) is 3.68. The van der Waals surface area contributed by atoms with Gasteiger partial charge in [0.2, 0.25) is 0 Å². The molecule has 2 rings (SSSR count). The molecule has 2 aromatic rings. The van der Waals surface area contributed by atoms with Crippen molar-refractivity contribution in [2.45, 2.75) is 59.8 Å². The predicted molar refractivity (Wildman–Crippen MR) is 172 cm³/mol. The van der Waals surface area contributed by atoms with E-state index >= 15 is 0 Å². The van der Waals surface area contributed by atoms with Crippen molar-refractivity contribution in [2.75, 3.05) is 49.2 Å². The van der Waals surface area contributed by atoms with Crippen molar-refractivity contribution >= 4 is 35.5 Å². The first-order chi connectivity index (χ1) is 20.9. The van der Waals surface area contributed by atoms with Gasteiger partial charge in [0.25, 0.3) is 0 Å². The summed E-state index contributed by atoms with van der Waals surface area (Å²) < 4.78 is 10.6. The highest BCUT2D eigenvalue weighted by Gasteiger charge is 2.12. The van der Waals surface area contributed by atoms with E-state index in [2.05, 4.69) is 37.5 Å². The Bertz CT molecular complexity index is 1190. The molecule has 0 radical (unpaired) electrons. The van der Waals surface area contributed by atoms with Crippen LogP contribution in [0.3, 0.4) is 0 Å². The van der Waals surface area contributed by atoms with E-state index in [1.54, 1.807) is 12.2 Å². The molecule has 43 heavy (non-hydrogen) atoms. The number of ether oxygens (including phenoxy) is 2. The Morgan fingerprint density at radius 2 is 0.930 bits per heavy atom. The van der Waals surface area contributed by atoms with Gasteiger partial charge in [0.05, 0.1) is 13.2 Å². The van der Waals surface area contributed by atoms with Gasteiger partial charge in [-0.3, -0.25) is 0 Å². The summed E-state index contributed by atoms with van der Waals surface area (Å²) in [5.74, 6) is -1.24. The Kier molecular flexibility index (Phi) is 15.7. The van der Waals surface area contributed by atoms with Crippen molar-refractivity contribution in [3.05, 3.63) is 70.8 Å². The molecular weight excluding hydrogens is 540 g/mol. The minimum Gasteiger partial charge on any atom is -0.462 e. The number of esters is 2. The minimum absolute atomic E-state index is 0.0279. The number of carbonyl (C=O) groups excluding carboxylic acids is 2. The van der Waals surface area contributed by atoms with Crippen LogP contribution in [-0.2, 0) is 19.1 Å². The van der Waals surface area contributed by atoms with Gasteiger partial charge >= 0.3 is 11.9 Å². The maximum Gasteiger partial charge on any atom is 0.348 e. The van der Waals surface area contributed by atoms with Gasteiger partial charge in [0.1, 0.15) is 23.3 Å². The number of benzene rings is 2. The second kappa shape index (κ2) is 19.5. The quantitative estimate of drug-likeness (QED) is 0.0804. The van der Waals surface area contributed by atoms with Crippen LogP contribution in [0.5, 0.6) is 0 Å². The molecule has 0 aliphatic heterocycles. The molecule has 0 N–H and O–H groups in total. The van der Waals surface area contributed by atoms with E-state index in [1.807, 2.05) is 60.7 Å². The lowest BCUT2D eigenvalue weighted by molar-refractivity contribution is -0.139. The van der Waals surface area contributed by atoms with Crippen molar-refractivity contribution < 1.29 is 19.1 Å². The second-order valence-electron chi connectivity index (χ2n) is 9.91. The third-order valence-electron chi connectivity index (χ3n) is 7.10. The van der Waals surface area contributed by atoms with Gasteiger partial charge < -0.3 is 19.3 Å². The van der Waals surface area contributed by atoms with Crippen LogP contribution in [-0.4, -0.2) is 51.3 Å². The van der Waals surface area contributed by atoms with E-state index in [-0.39, 0.29) is 24.4 Å². The Hall–Kier alpha value is -4.56. The first-order valence-corrected chi connectivity index (χ1v) is 15.2. The van der Waals surface area contributed by atoms with Gasteiger partial charge in [-0.15, -0.1) is 0 Å². The van der Waals surface area contributed by atoms with Crippen molar-refractivity contribution in [1.29, 1.82) is 10.5 Å². The summed E-state index contributed by atoms with van der Waals surface area (Å²) >= 11 is 0. The molecule has 0 atom stereocenters. The van der Waals surface area contributed by atoms with Crippen LogP contribution < -0.4 is 9.80 Å². The number of nitrogens with zero attached hydrogens (tertiary/aromatic N) is 4. The normalized spacial score (nSPS) is 11.3. The summed E-state index contributed by atoms with van der Waals surface area (Å²) in [6.07, 6.45) is 7.01. The molecule has 0 saturated carbocycles. The van der Waals surface area contributed by atoms with Crippen LogP contribution in [0.25, 0.3) is 12.2 Å². The summed E-state index contributed by atoms with van der Waals surface area (Å²) in [4.78, 5) is 29.1.